The van der Waals surface area contributed by atoms with Gasteiger partial charge in [0.2, 0.25) is 0 Å². The van der Waals surface area contributed by atoms with E-state index >= 15 is 0 Å². The van der Waals surface area contributed by atoms with Gasteiger partial charge in [0.25, 0.3) is 0 Å². The molecule has 178 valence electrons. The molecule has 5 rings (SSSR count). The van der Waals surface area contributed by atoms with Crippen LogP contribution in [-0.4, -0.2) is 0 Å². The van der Waals surface area contributed by atoms with Crippen molar-refractivity contribution in [1.29, 1.82) is 0 Å². The second kappa shape index (κ2) is 10.1. The fourth-order valence-corrected chi connectivity index (χ4v) is 4.59. The minimum absolute atomic E-state index is 0. The van der Waals surface area contributed by atoms with E-state index in [0.29, 0.717) is 12.1 Å². The Hall–Kier alpha value is -3.34. The van der Waals surface area contributed by atoms with Gasteiger partial charge >= 0.3 is 6.18 Å². The van der Waals surface area contributed by atoms with Gasteiger partial charge in [-0.3, -0.25) is 0 Å². The second-order valence-corrected chi connectivity index (χ2v) is 8.61. The molecular formula is C30H25ClF3N. The van der Waals surface area contributed by atoms with Crippen LogP contribution in [0.25, 0.3) is 32.7 Å². The number of fused-ring (bicyclic) bond motifs is 2. The maximum Gasteiger partial charge on any atom is 0.416 e. The first-order chi connectivity index (χ1) is 16.4. The van der Waals surface area contributed by atoms with Crippen molar-refractivity contribution >= 4 is 34.0 Å². The molecule has 0 fully saturated rings. The number of nitrogens with one attached hydrogen (secondary N) is 1. The number of hydrogen-bond acceptors (Lipinski definition) is 1. The summed E-state index contributed by atoms with van der Waals surface area (Å²) in [6, 6.07) is 32.2. The SMILES string of the molecule is C[C@@H](NCc1cc(-c2cccc(C(F)(F)F)c2)c2ccccc2c1)c1cccc2ccccc12.Cl. The molecule has 1 N–H and O–H groups in total. The van der Waals surface area contributed by atoms with Gasteiger partial charge in [0.15, 0.2) is 0 Å². The zero-order valence-corrected chi connectivity index (χ0v) is 20.0. The van der Waals surface area contributed by atoms with E-state index in [1.807, 2.05) is 42.5 Å². The third-order valence-corrected chi connectivity index (χ3v) is 6.32. The van der Waals surface area contributed by atoms with Crippen LogP contribution in [0.3, 0.4) is 0 Å². The van der Waals surface area contributed by atoms with Gasteiger partial charge in [0.05, 0.1) is 5.56 Å². The molecule has 0 aliphatic heterocycles. The van der Waals surface area contributed by atoms with Gasteiger partial charge in [-0.1, -0.05) is 78.9 Å². The number of alkyl halides is 3. The predicted octanol–water partition coefficient (Wildman–Crippen LogP) is 8.95. The summed E-state index contributed by atoms with van der Waals surface area (Å²) in [5.41, 5.74) is 2.98. The van der Waals surface area contributed by atoms with E-state index in [9.17, 15) is 13.2 Å². The molecular weight excluding hydrogens is 467 g/mol. The lowest BCUT2D eigenvalue weighted by Crippen LogP contribution is -2.18. The molecule has 0 bridgehead atoms. The molecule has 0 saturated carbocycles. The van der Waals surface area contributed by atoms with Crippen LogP contribution in [0.1, 0.15) is 29.7 Å². The highest BCUT2D eigenvalue weighted by Gasteiger charge is 2.30. The van der Waals surface area contributed by atoms with Crippen LogP contribution in [0.2, 0.25) is 0 Å². The van der Waals surface area contributed by atoms with Crippen molar-refractivity contribution in [3.63, 3.8) is 0 Å². The summed E-state index contributed by atoms with van der Waals surface area (Å²) in [4.78, 5) is 0. The van der Waals surface area contributed by atoms with E-state index in [4.69, 9.17) is 0 Å². The Kier molecular flexibility index (Phi) is 7.15. The molecule has 5 aromatic carbocycles. The van der Waals surface area contributed by atoms with E-state index < -0.39 is 11.7 Å². The van der Waals surface area contributed by atoms with Crippen LogP contribution >= 0.6 is 12.4 Å². The summed E-state index contributed by atoms with van der Waals surface area (Å²) in [6.07, 6.45) is -4.38. The standard InChI is InChI=1S/C30H24F3N.ClH/c1-20(26-15-7-10-22-8-2-4-13-27(22)26)34-19-21-16-23-9-3-5-14-28(23)29(17-21)24-11-6-12-25(18-24)30(31,32)33;/h2-18,20,34H,19H2,1H3;1H/t20-;/m1./s1. The molecule has 1 nitrogen and oxygen atoms in total. The monoisotopic (exact) mass is 491 g/mol. The molecule has 0 aromatic heterocycles. The smallest absolute Gasteiger partial charge is 0.306 e. The molecule has 1 atom stereocenters. The topological polar surface area (TPSA) is 12.0 Å². The maximum atomic E-state index is 13.3. The van der Waals surface area contributed by atoms with Crippen molar-refractivity contribution in [3.05, 3.63) is 120 Å². The summed E-state index contributed by atoms with van der Waals surface area (Å²) >= 11 is 0. The molecule has 0 saturated heterocycles. The van der Waals surface area contributed by atoms with Gasteiger partial charge in [-0.25, -0.2) is 0 Å². The highest BCUT2D eigenvalue weighted by atomic mass is 35.5. The van der Waals surface area contributed by atoms with Crippen LogP contribution < -0.4 is 5.32 Å². The van der Waals surface area contributed by atoms with E-state index in [1.54, 1.807) is 6.07 Å². The van der Waals surface area contributed by atoms with Gasteiger partial charge in [-0.05, 0) is 75.0 Å². The lowest BCUT2D eigenvalue weighted by Gasteiger charge is -2.18. The number of benzene rings is 5. The normalized spacial score (nSPS) is 12.5. The lowest BCUT2D eigenvalue weighted by molar-refractivity contribution is -0.137. The van der Waals surface area contributed by atoms with Crippen LogP contribution in [0.4, 0.5) is 13.2 Å². The third kappa shape index (κ3) is 5.19. The Morgan fingerprint density at radius 1 is 0.714 bits per heavy atom. The van der Waals surface area contributed by atoms with Gasteiger partial charge in [-0.15, -0.1) is 12.4 Å². The van der Waals surface area contributed by atoms with Gasteiger partial charge in [0, 0.05) is 12.6 Å². The Labute approximate surface area is 209 Å². The van der Waals surface area contributed by atoms with E-state index in [2.05, 4.69) is 48.6 Å². The van der Waals surface area contributed by atoms with Crippen LogP contribution in [0.15, 0.2) is 103 Å². The first-order valence-electron chi connectivity index (χ1n) is 11.3. The quantitative estimate of drug-likeness (QED) is 0.259. The molecule has 0 spiro atoms. The summed E-state index contributed by atoms with van der Waals surface area (Å²) in [6.45, 7) is 2.73. The van der Waals surface area contributed by atoms with Gasteiger partial charge in [-0.2, -0.15) is 13.2 Å². The zero-order chi connectivity index (χ0) is 23.7. The number of rotatable bonds is 5. The van der Waals surface area contributed by atoms with Crippen molar-refractivity contribution in [2.75, 3.05) is 0 Å². The van der Waals surface area contributed by atoms with E-state index in [1.165, 1.54) is 28.5 Å². The zero-order valence-electron chi connectivity index (χ0n) is 19.1. The average molecular weight is 492 g/mol. The Bertz CT molecular complexity index is 1470. The van der Waals surface area contributed by atoms with E-state index in [0.717, 1.165) is 28.0 Å². The van der Waals surface area contributed by atoms with Crippen LogP contribution in [0.5, 0.6) is 0 Å². The minimum atomic E-state index is -4.38. The second-order valence-electron chi connectivity index (χ2n) is 8.61. The minimum Gasteiger partial charge on any atom is -0.306 e. The summed E-state index contributed by atoms with van der Waals surface area (Å²) < 4.78 is 40.0. The van der Waals surface area contributed by atoms with Crippen LogP contribution in [0, 0.1) is 0 Å². The largest absolute Gasteiger partial charge is 0.416 e. The summed E-state index contributed by atoms with van der Waals surface area (Å²) in [7, 11) is 0. The highest BCUT2D eigenvalue weighted by molar-refractivity contribution is 5.97. The molecule has 0 aliphatic rings. The molecule has 0 heterocycles. The predicted molar refractivity (Wildman–Crippen MR) is 141 cm³/mol. The van der Waals surface area contributed by atoms with Gasteiger partial charge in [0.1, 0.15) is 0 Å². The highest BCUT2D eigenvalue weighted by Crippen LogP contribution is 2.35. The van der Waals surface area contributed by atoms with Crippen molar-refractivity contribution < 1.29 is 13.2 Å². The lowest BCUT2D eigenvalue weighted by atomic mass is 9.94. The molecule has 0 radical (unpaired) electrons. The maximum absolute atomic E-state index is 13.3. The number of halogens is 4. The van der Waals surface area contributed by atoms with E-state index in [-0.39, 0.29) is 18.4 Å². The Balaban J connectivity index is 0.00000289. The van der Waals surface area contributed by atoms with Crippen molar-refractivity contribution in [2.24, 2.45) is 0 Å². The molecule has 0 aliphatic carbocycles. The summed E-state index contributed by atoms with van der Waals surface area (Å²) in [5, 5.41) is 7.97. The molecule has 0 amide bonds. The Morgan fingerprint density at radius 3 is 2.14 bits per heavy atom. The molecule has 35 heavy (non-hydrogen) atoms. The first kappa shape index (κ1) is 24.8. The molecule has 5 aromatic rings. The molecule has 5 heteroatoms. The van der Waals surface area contributed by atoms with Crippen molar-refractivity contribution in [1.82, 2.24) is 5.32 Å². The summed E-state index contributed by atoms with van der Waals surface area (Å²) in [5.74, 6) is 0. The average Bonchev–Trinajstić information content (AvgIpc) is 2.86. The van der Waals surface area contributed by atoms with Crippen LogP contribution in [-0.2, 0) is 12.7 Å². The third-order valence-electron chi connectivity index (χ3n) is 6.32. The van der Waals surface area contributed by atoms with Crippen molar-refractivity contribution in [3.8, 4) is 11.1 Å². The van der Waals surface area contributed by atoms with Crippen molar-refractivity contribution in [2.45, 2.75) is 25.7 Å². The number of hydrogen-bond donors (Lipinski definition) is 1. The first-order valence-corrected chi connectivity index (χ1v) is 11.3. The fraction of sp³-hybridized carbons (Fsp3) is 0.133. The Morgan fingerprint density at radius 2 is 1.37 bits per heavy atom. The molecule has 0 unspecified atom stereocenters. The fourth-order valence-electron chi connectivity index (χ4n) is 4.59. The van der Waals surface area contributed by atoms with Gasteiger partial charge < -0.3 is 5.32 Å².